The van der Waals surface area contributed by atoms with Crippen molar-refractivity contribution in [2.45, 2.75) is 25.7 Å². The Kier molecular flexibility index (Phi) is 2.60. The predicted molar refractivity (Wildman–Crippen MR) is 82.7 cm³/mol. The summed E-state index contributed by atoms with van der Waals surface area (Å²) in [5.41, 5.74) is 6.46. The van der Waals surface area contributed by atoms with Crippen LogP contribution in [-0.4, -0.2) is 0 Å². The largest absolute Gasteiger partial charge is 0.0753 e. The maximum Gasteiger partial charge on any atom is 0.0194 e. The first-order chi connectivity index (χ1) is 8.75. The lowest BCUT2D eigenvalue weighted by molar-refractivity contribution is 0.522. The highest BCUT2D eigenvalue weighted by atomic mass is 79.9. The molecule has 0 N–H and O–H groups in total. The molecule has 0 aromatic rings. The van der Waals surface area contributed by atoms with E-state index in [9.17, 15) is 0 Å². The van der Waals surface area contributed by atoms with Gasteiger partial charge in [-0.1, -0.05) is 61.7 Å². The fraction of sp³-hybridized carbons (Fsp3) is 0.375. The molecule has 0 spiro atoms. The van der Waals surface area contributed by atoms with Crippen molar-refractivity contribution in [3.63, 3.8) is 0 Å². The van der Waals surface area contributed by atoms with E-state index in [1.807, 2.05) is 0 Å². The minimum Gasteiger partial charge on any atom is -0.0753 e. The minimum atomic E-state index is 0.539. The molecule has 2 unspecified atom stereocenters. The topological polar surface area (TPSA) is 0 Å². The van der Waals surface area contributed by atoms with Gasteiger partial charge in [0.05, 0.1) is 0 Å². The van der Waals surface area contributed by atoms with E-state index in [1.165, 1.54) is 34.6 Å². The van der Waals surface area contributed by atoms with E-state index in [4.69, 9.17) is 0 Å². The van der Waals surface area contributed by atoms with Crippen molar-refractivity contribution in [1.29, 1.82) is 0 Å². The molecule has 0 heterocycles. The molecule has 2 heteroatoms. The SMILES string of the molecule is BrC1=CC=C2CCC3=C(Br)CCC4=C3C2C1C=C4. The van der Waals surface area contributed by atoms with Gasteiger partial charge in [0.15, 0.2) is 0 Å². The lowest BCUT2D eigenvalue weighted by Gasteiger charge is -2.42. The van der Waals surface area contributed by atoms with Crippen LogP contribution >= 0.6 is 31.9 Å². The van der Waals surface area contributed by atoms with Crippen LogP contribution in [-0.2, 0) is 0 Å². The molecule has 0 aromatic carbocycles. The van der Waals surface area contributed by atoms with Gasteiger partial charge < -0.3 is 0 Å². The molecule has 92 valence electrons. The summed E-state index contributed by atoms with van der Waals surface area (Å²) in [6.07, 6.45) is 14.2. The Bertz CT molecular complexity index is 584. The zero-order chi connectivity index (χ0) is 12.3. The fourth-order valence-corrected chi connectivity index (χ4v) is 4.95. The van der Waals surface area contributed by atoms with Crippen LogP contribution in [0.25, 0.3) is 0 Å². The highest BCUT2D eigenvalue weighted by Crippen LogP contribution is 2.54. The first kappa shape index (κ1) is 11.5. The van der Waals surface area contributed by atoms with Crippen LogP contribution in [0.2, 0.25) is 0 Å². The zero-order valence-corrected chi connectivity index (χ0v) is 13.2. The van der Waals surface area contributed by atoms with E-state index < -0.39 is 0 Å². The van der Waals surface area contributed by atoms with Crippen molar-refractivity contribution >= 4 is 31.9 Å². The van der Waals surface area contributed by atoms with Gasteiger partial charge in [-0.25, -0.2) is 0 Å². The average Bonchev–Trinajstić information content (AvgIpc) is 2.40. The second kappa shape index (κ2) is 4.08. The van der Waals surface area contributed by atoms with E-state index in [0.717, 1.165) is 0 Å². The molecular weight excluding hydrogens is 352 g/mol. The van der Waals surface area contributed by atoms with Gasteiger partial charge >= 0.3 is 0 Å². The summed E-state index contributed by atoms with van der Waals surface area (Å²) in [5.74, 6) is 1.15. The molecule has 0 nitrogen and oxygen atoms in total. The van der Waals surface area contributed by atoms with Gasteiger partial charge in [0.2, 0.25) is 0 Å². The van der Waals surface area contributed by atoms with Crippen molar-refractivity contribution < 1.29 is 0 Å². The molecule has 18 heavy (non-hydrogen) atoms. The summed E-state index contributed by atoms with van der Waals surface area (Å²) in [7, 11) is 0. The smallest absolute Gasteiger partial charge is 0.0194 e. The second-order valence-electron chi connectivity index (χ2n) is 5.48. The van der Waals surface area contributed by atoms with Crippen molar-refractivity contribution in [2.75, 3.05) is 0 Å². The van der Waals surface area contributed by atoms with Gasteiger partial charge in [0.1, 0.15) is 0 Å². The van der Waals surface area contributed by atoms with Gasteiger partial charge in [0, 0.05) is 16.3 Å². The van der Waals surface area contributed by atoms with Gasteiger partial charge in [-0.3, -0.25) is 0 Å². The Hall–Kier alpha value is -0.340. The van der Waals surface area contributed by atoms with E-state index in [0.29, 0.717) is 11.8 Å². The van der Waals surface area contributed by atoms with Crippen molar-refractivity contribution in [3.8, 4) is 0 Å². The fourth-order valence-electron chi connectivity index (χ4n) is 3.79. The lowest BCUT2D eigenvalue weighted by atomic mass is 9.63. The first-order valence-electron chi connectivity index (χ1n) is 6.61. The third kappa shape index (κ3) is 1.48. The summed E-state index contributed by atoms with van der Waals surface area (Å²) in [6.45, 7) is 0. The summed E-state index contributed by atoms with van der Waals surface area (Å²) < 4.78 is 2.79. The molecule has 4 aliphatic carbocycles. The zero-order valence-electron chi connectivity index (χ0n) is 10.0. The second-order valence-corrected chi connectivity index (χ2v) is 7.35. The molecule has 4 aliphatic rings. The molecule has 1 saturated carbocycles. The minimum absolute atomic E-state index is 0.539. The van der Waals surface area contributed by atoms with E-state index in [-0.39, 0.29) is 0 Å². The van der Waals surface area contributed by atoms with Gasteiger partial charge in [-0.2, -0.15) is 0 Å². The lowest BCUT2D eigenvalue weighted by Crippen LogP contribution is -2.29. The van der Waals surface area contributed by atoms with Crippen LogP contribution in [0.5, 0.6) is 0 Å². The third-order valence-electron chi connectivity index (χ3n) is 4.63. The van der Waals surface area contributed by atoms with Gasteiger partial charge in [-0.05, 0) is 46.9 Å². The molecule has 0 amide bonds. The molecule has 0 radical (unpaired) electrons. The average molecular weight is 366 g/mol. The maximum atomic E-state index is 3.81. The highest BCUT2D eigenvalue weighted by Gasteiger charge is 2.40. The van der Waals surface area contributed by atoms with Crippen LogP contribution in [0.1, 0.15) is 25.7 Å². The molecule has 0 bridgehead atoms. The molecule has 4 rings (SSSR count). The highest BCUT2D eigenvalue weighted by molar-refractivity contribution is 9.12. The van der Waals surface area contributed by atoms with Crippen molar-refractivity contribution in [2.24, 2.45) is 11.8 Å². The Balaban J connectivity index is 1.94. The number of allylic oxidation sites excluding steroid dienone is 10. The molecule has 1 fully saturated rings. The van der Waals surface area contributed by atoms with Crippen LogP contribution < -0.4 is 0 Å². The van der Waals surface area contributed by atoms with Gasteiger partial charge in [-0.15, -0.1) is 0 Å². The Morgan fingerprint density at radius 1 is 1.00 bits per heavy atom. The van der Waals surface area contributed by atoms with Gasteiger partial charge in [0.25, 0.3) is 0 Å². The number of hydrogen-bond acceptors (Lipinski definition) is 0. The summed E-state index contributed by atoms with van der Waals surface area (Å²) >= 11 is 7.56. The molecule has 0 saturated heterocycles. The van der Waals surface area contributed by atoms with E-state index in [2.05, 4.69) is 56.2 Å². The maximum absolute atomic E-state index is 3.81. The molecule has 2 atom stereocenters. The quantitative estimate of drug-likeness (QED) is 0.528. The van der Waals surface area contributed by atoms with Crippen LogP contribution in [0, 0.1) is 11.8 Å². The standard InChI is InChI=1S/C16H14Br2/c17-13-8-4-10-2-6-12-14(18)7-3-9-1-5-11(13)16(10)15(9)12/h1,4-5,8,11,16H,2-3,6-7H2. The summed E-state index contributed by atoms with van der Waals surface area (Å²) in [4.78, 5) is 0. The van der Waals surface area contributed by atoms with Crippen LogP contribution in [0.15, 0.2) is 55.6 Å². The van der Waals surface area contributed by atoms with Crippen LogP contribution in [0.3, 0.4) is 0 Å². The molecule has 0 aromatic heterocycles. The van der Waals surface area contributed by atoms with E-state index >= 15 is 0 Å². The summed E-state index contributed by atoms with van der Waals surface area (Å²) in [6, 6.07) is 0. The van der Waals surface area contributed by atoms with Crippen molar-refractivity contribution in [3.05, 3.63) is 55.6 Å². The summed E-state index contributed by atoms with van der Waals surface area (Å²) in [5, 5.41) is 0. The number of halogens is 2. The Morgan fingerprint density at radius 3 is 2.78 bits per heavy atom. The van der Waals surface area contributed by atoms with E-state index in [1.54, 1.807) is 22.3 Å². The monoisotopic (exact) mass is 364 g/mol. The molecular formula is C16H14Br2. The van der Waals surface area contributed by atoms with Crippen LogP contribution in [0.4, 0.5) is 0 Å². The predicted octanol–water partition coefficient (Wildman–Crippen LogP) is 5.54. The molecule has 0 aliphatic heterocycles. The number of rotatable bonds is 0. The third-order valence-corrected chi connectivity index (χ3v) is 6.29. The normalized spacial score (nSPS) is 33.2. The number of hydrogen-bond donors (Lipinski definition) is 0. The van der Waals surface area contributed by atoms with Crippen molar-refractivity contribution in [1.82, 2.24) is 0 Å². The Labute approximate surface area is 124 Å². The first-order valence-corrected chi connectivity index (χ1v) is 8.19. The Morgan fingerprint density at radius 2 is 1.89 bits per heavy atom.